The van der Waals surface area contributed by atoms with E-state index in [-0.39, 0.29) is 0 Å². The molecule has 0 unspecified atom stereocenters. The highest BCUT2D eigenvalue weighted by Crippen LogP contribution is 2.16. The molecule has 0 aliphatic carbocycles. The Hall–Kier alpha value is -2.68. The normalized spacial score (nSPS) is 11.7. The third-order valence-electron chi connectivity index (χ3n) is 3.15. The van der Waals surface area contributed by atoms with E-state index in [0.717, 1.165) is 21.3 Å². The van der Waals surface area contributed by atoms with E-state index < -0.39 is 0 Å². The second kappa shape index (κ2) is 5.53. The summed E-state index contributed by atoms with van der Waals surface area (Å²) < 4.78 is 0.944. The summed E-state index contributed by atoms with van der Waals surface area (Å²) in [6.07, 6.45) is 4.93. The van der Waals surface area contributed by atoms with Crippen molar-refractivity contribution in [2.24, 2.45) is 0 Å². The maximum atomic E-state index is 12.0. The van der Waals surface area contributed by atoms with Crippen LogP contribution in [-0.4, -0.2) is 15.9 Å². The Kier molecular flexibility index (Phi) is 3.42. The SMILES string of the molecule is [O-]/[N+](=C\c1ccncc1)Cc1ccc2ccccc2c1. The standard InChI is InChI=1S/C17H14N2O/c20-19(12-14-7-9-18-10-8-14)13-15-5-6-16-3-1-2-4-17(16)11-15/h1-12H,13H2/b19-12-. The monoisotopic (exact) mass is 262 g/mol. The first-order valence-electron chi connectivity index (χ1n) is 6.48. The second-order valence-electron chi connectivity index (χ2n) is 4.67. The minimum atomic E-state index is 0.340. The van der Waals surface area contributed by atoms with E-state index in [1.54, 1.807) is 18.6 Å². The highest BCUT2D eigenvalue weighted by atomic mass is 16.5. The van der Waals surface area contributed by atoms with Gasteiger partial charge in [-0.3, -0.25) is 4.98 Å². The molecular formula is C17H14N2O. The van der Waals surface area contributed by atoms with E-state index in [2.05, 4.69) is 23.2 Å². The molecule has 0 bridgehead atoms. The van der Waals surface area contributed by atoms with Crippen LogP contribution in [0.1, 0.15) is 11.1 Å². The predicted octanol–water partition coefficient (Wildman–Crippen LogP) is 3.36. The molecular weight excluding hydrogens is 248 g/mol. The minimum absolute atomic E-state index is 0.340. The van der Waals surface area contributed by atoms with Gasteiger partial charge < -0.3 is 5.21 Å². The van der Waals surface area contributed by atoms with Gasteiger partial charge in [0.2, 0.25) is 0 Å². The van der Waals surface area contributed by atoms with E-state index in [4.69, 9.17) is 0 Å². The molecule has 0 fully saturated rings. The van der Waals surface area contributed by atoms with Gasteiger partial charge >= 0.3 is 0 Å². The molecule has 0 radical (unpaired) electrons. The maximum absolute atomic E-state index is 12.0. The molecule has 3 nitrogen and oxygen atoms in total. The van der Waals surface area contributed by atoms with Gasteiger partial charge in [0.05, 0.1) is 0 Å². The predicted molar refractivity (Wildman–Crippen MR) is 80.7 cm³/mol. The first-order chi connectivity index (χ1) is 9.81. The van der Waals surface area contributed by atoms with Gasteiger partial charge in [-0.15, -0.1) is 0 Å². The summed E-state index contributed by atoms with van der Waals surface area (Å²) in [6.45, 7) is 0.340. The highest BCUT2D eigenvalue weighted by molar-refractivity contribution is 5.83. The molecule has 2 aromatic carbocycles. The number of aromatic nitrogens is 1. The quantitative estimate of drug-likeness (QED) is 0.314. The second-order valence-corrected chi connectivity index (χ2v) is 4.67. The molecule has 3 rings (SSSR count). The van der Waals surface area contributed by atoms with Crippen molar-refractivity contribution in [3.8, 4) is 0 Å². The molecule has 1 aromatic heterocycles. The van der Waals surface area contributed by atoms with Gasteiger partial charge in [-0.2, -0.15) is 0 Å². The van der Waals surface area contributed by atoms with Gasteiger partial charge in [0.25, 0.3) is 0 Å². The van der Waals surface area contributed by atoms with Crippen LogP contribution >= 0.6 is 0 Å². The van der Waals surface area contributed by atoms with Crippen LogP contribution in [0.2, 0.25) is 0 Å². The summed E-state index contributed by atoms with van der Waals surface area (Å²) in [5, 5.41) is 14.3. The number of hydrogen-bond acceptors (Lipinski definition) is 2. The smallest absolute Gasteiger partial charge is 0.182 e. The fraction of sp³-hybridized carbons (Fsp3) is 0.0588. The Labute approximate surface area is 117 Å². The Balaban J connectivity index is 1.84. The first kappa shape index (κ1) is 12.4. The molecule has 0 N–H and O–H groups in total. The lowest BCUT2D eigenvalue weighted by Crippen LogP contribution is -2.05. The molecule has 0 spiro atoms. The van der Waals surface area contributed by atoms with Crippen molar-refractivity contribution in [3.63, 3.8) is 0 Å². The van der Waals surface area contributed by atoms with E-state index in [1.807, 2.05) is 36.4 Å². The van der Waals surface area contributed by atoms with Crippen molar-refractivity contribution < 1.29 is 4.74 Å². The molecule has 3 aromatic rings. The Bertz CT molecular complexity index is 751. The number of benzene rings is 2. The van der Waals surface area contributed by atoms with Crippen molar-refractivity contribution in [2.45, 2.75) is 6.54 Å². The van der Waals surface area contributed by atoms with Crippen LogP contribution < -0.4 is 0 Å². The van der Waals surface area contributed by atoms with E-state index in [0.29, 0.717) is 6.54 Å². The van der Waals surface area contributed by atoms with Crippen LogP contribution in [0.25, 0.3) is 10.8 Å². The molecule has 3 heteroatoms. The van der Waals surface area contributed by atoms with Crippen LogP contribution in [0, 0.1) is 5.21 Å². The lowest BCUT2D eigenvalue weighted by atomic mass is 10.1. The Morgan fingerprint density at radius 1 is 0.950 bits per heavy atom. The van der Waals surface area contributed by atoms with Crippen LogP contribution in [0.5, 0.6) is 0 Å². The van der Waals surface area contributed by atoms with Gasteiger partial charge in [-0.05, 0) is 29.0 Å². The van der Waals surface area contributed by atoms with Crippen molar-refractivity contribution in [2.75, 3.05) is 0 Å². The van der Waals surface area contributed by atoms with Gasteiger partial charge in [0.15, 0.2) is 12.8 Å². The zero-order chi connectivity index (χ0) is 13.8. The fourth-order valence-corrected chi connectivity index (χ4v) is 2.18. The van der Waals surface area contributed by atoms with Crippen molar-refractivity contribution in [3.05, 3.63) is 83.3 Å². The Morgan fingerprint density at radius 3 is 2.50 bits per heavy atom. The third kappa shape index (κ3) is 2.83. The molecule has 1 heterocycles. The molecule has 98 valence electrons. The third-order valence-corrected chi connectivity index (χ3v) is 3.15. The fourth-order valence-electron chi connectivity index (χ4n) is 2.18. The molecule has 0 aliphatic heterocycles. The van der Waals surface area contributed by atoms with Crippen LogP contribution in [0.15, 0.2) is 67.0 Å². The zero-order valence-corrected chi connectivity index (χ0v) is 10.9. The van der Waals surface area contributed by atoms with E-state index in [9.17, 15) is 5.21 Å². The first-order valence-corrected chi connectivity index (χ1v) is 6.48. The summed E-state index contributed by atoms with van der Waals surface area (Å²) in [6, 6.07) is 17.9. The summed E-state index contributed by atoms with van der Waals surface area (Å²) in [5.74, 6) is 0. The van der Waals surface area contributed by atoms with Gasteiger partial charge in [0, 0.05) is 23.5 Å². The molecule has 0 saturated heterocycles. The number of nitrogens with zero attached hydrogens (tertiary/aromatic N) is 2. The molecule has 0 aliphatic rings. The Morgan fingerprint density at radius 2 is 1.70 bits per heavy atom. The summed E-state index contributed by atoms with van der Waals surface area (Å²) in [4.78, 5) is 3.93. The molecule has 0 saturated carbocycles. The van der Waals surface area contributed by atoms with Crippen LogP contribution in [0.3, 0.4) is 0 Å². The minimum Gasteiger partial charge on any atom is -0.624 e. The number of hydrogen-bond donors (Lipinski definition) is 0. The van der Waals surface area contributed by atoms with Crippen molar-refractivity contribution in [1.82, 2.24) is 4.98 Å². The summed E-state index contributed by atoms with van der Waals surface area (Å²) >= 11 is 0. The summed E-state index contributed by atoms with van der Waals surface area (Å²) in [7, 11) is 0. The van der Waals surface area contributed by atoms with E-state index >= 15 is 0 Å². The van der Waals surface area contributed by atoms with E-state index in [1.165, 1.54) is 5.39 Å². The average molecular weight is 262 g/mol. The number of pyridine rings is 1. The average Bonchev–Trinajstić information content (AvgIpc) is 2.48. The maximum Gasteiger partial charge on any atom is 0.182 e. The molecule has 0 atom stereocenters. The van der Waals surface area contributed by atoms with Crippen LogP contribution in [0.4, 0.5) is 0 Å². The number of hydroxylamine groups is 1. The van der Waals surface area contributed by atoms with Crippen molar-refractivity contribution >= 4 is 17.0 Å². The van der Waals surface area contributed by atoms with Gasteiger partial charge in [-0.25, -0.2) is 4.74 Å². The summed E-state index contributed by atoms with van der Waals surface area (Å²) in [5.41, 5.74) is 1.86. The largest absolute Gasteiger partial charge is 0.624 e. The lowest BCUT2D eigenvalue weighted by molar-refractivity contribution is -0.469. The molecule has 0 amide bonds. The van der Waals surface area contributed by atoms with Gasteiger partial charge in [0.1, 0.15) is 0 Å². The highest BCUT2D eigenvalue weighted by Gasteiger charge is 2.01. The van der Waals surface area contributed by atoms with Crippen LogP contribution in [-0.2, 0) is 6.54 Å². The van der Waals surface area contributed by atoms with Gasteiger partial charge in [-0.1, -0.05) is 36.4 Å². The molecule has 20 heavy (non-hydrogen) atoms. The zero-order valence-electron chi connectivity index (χ0n) is 10.9. The number of rotatable bonds is 3. The number of fused-ring (bicyclic) bond motifs is 1. The van der Waals surface area contributed by atoms with Crippen molar-refractivity contribution in [1.29, 1.82) is 0 Å². The lowest BCUT2D eigenvalue weighted by Gasteiger charge is -2.05. The topological polar surface area (TPSA) is 39.0 Å².